The summed E-state index contributed by atoms with van der Waals surface area (Å²) in [6.45, 7) is 5.40. The molecule has 33 heavy (non-hydrogen) atoms. The van der Waals surface area contributed by atoms with Gasteiger partial charge in [0.25, 0.3) is 0 Å². The van der Waals surface area contributed by atoms with Crippen LogP contribution < -0.4 is 14.8 Å². The molecule has 0 bridgehead atoms. The van der Waals surface area contributed by atoms with Crippen LogP contribution in [0.25, 0.3) is 0 Å². The summed E-state index contributed by atoms with van der Waals surface area (Å²) in [5.74, 6) is 1.37. The maximum Gasteiger partial charge on any atom is 0.234 e. The Bertz CT molecular complexity index is 856. The minimum Gasteiger partial charge on any atom is -0.493 e. The zero-order valence-corrected chi connectivity index (χ0v) is 19.5. The second-order valence-corrected chi connectivity index (χ2v) is 8.20. The molecular weight excluding hydrogens is 422 g/mol. The third-order valence-corrected chi connectivity index (χ3v) is 5.66. The van der Waals surface area contributed by atoms with Crippen molar-refractivity contribution in [3.05, 3.63) is 59.7 Å². The molecule has 0 aromatic heterocycles. The van der Waals surface area contributed by atoms with Crippen molar-refractivity contribution in [2.24, 2.45) is 0 Å². The first-order valence-electron chi connectivity index (χ1n) is 11.3. The normalized spacial score (nSPS) is 15.7. The van der Waals surface area contributed by atoms with Crippen molar-refractivity contribution in [2.45, 2.75) is 19.3 Å². The van der Waals surface area contributed by atoms with Gasteiger partial charge in [-0.05, 0) is 23.3 Å². The SMILES string of the molecule is COc1ccc(COCC(O)CN2CCN(CC(=O)NCc3ccccc3)CC2)cc1OC. The number of hydrogen-bond acceptors (Lipinski definition) is 7. The first kappa shape index (κ1) is 25.0. The molecule has 0 spiro atoms. The fraction of sp³-hybridized carbons (Fsp3) is 0.480. The fourth-order valence-corrected chi connectivity index (χ4v) is 3.82. The summed E-state index contributed by atoms with van der Waals surface area (Å²) in [6, 6.07) is 15.5. The van der Waals surface area contributed by atoms with Gasteiger partial charge in [0.05, 0.1) is 40.1 Å². The molecule has 8 nitrogen and oxygen atoms in total. The maximum atomic E-state index is 12.2. The smallest absolute Gasteiger partial charge is 0.234 e. The quantitative estimate of drug-likeness (QED) is 0.500. The highest BCUT2D eigenvalue weighted by Gasteiger charge is 2.21. The molecule has 0 saturated carbocycles. The number of β-amino-alcohol motifs (C(OH)–C–C–N with tert-alkyl or cyclic N) is 1. The molecule has 1 unspecified atom stereocenters. The average molecular weight is 458 g/mol. The number of piperazine rings is 1. The van der Waals surface area contributed by atoms with Gasteiger partial charge in [0.1, 0.15) is 0 Å². The number of aliphatic hydroxyl groups is 1. The summed E-state index contributed by atoms with van der Waals surface area (Å²) in [7, 11) is 3.20. The van der Waals surface area contributed by atoms with Gasteiger partial charge in [-0.3, -0.25) is 14.6 Å². The number of benzene rings is 2. The zero-order valence-electron chi connectivity index (χ0n) is 19.5. The van der Waals surface area contributed by atoms with Crippen LogP contribution in [0.2, 0.25) is 0 Å². The van der Waals surface area contributed by atoms with Gasteiger partial charge in [0.2, 0.25) is 5.91 Å². The van der Waals surface area contributed by atoms with Gasteiger partial charge in [-0.1, -0.05) is 36.4 Å². The molecule has 1 heterocycles. The van der Waals surface area contributed by atoms with Crippen molar-refractivity contribution in [1.29, 1.82) is 0 Å². The van der Waals surface area contributed by atoms with Crippen molar-refractivity contribution in [1.82, 2.24) is 15.1 Å². The number of ether oxygens (including phenoxy) is 3. The van der Waals surface area contributed by atoms with E-state index in [1.807, 2.05) is 48.5 Å². The Morgan fingerprint density at radius 2 is 1.67 bits per heavy atom. The summed E-state index contributed by atoms with van der Waals surface area (Å²) in [5.41, 5.74) is 2.05. The summed E-state index contributed by atoms with van der Waals surface area (Å²) in [5, 5.41) is 13.3. The van der Waals surface area contributed by atoms with Crippen LogP contribution in [-0.2, 0) is 22.7 Å². The van der Waals surface area contributed by atoms with Gasteiger partial charge >= 0.3 is 0 Å². The molecule has 3 rings (SSSR count). The Morgan fingerprint density at radius 1 is 0.970 bits per heavy atom. The number of methoxy groups -OCH3 is 2. The van der Waals surface area contributed by atoms with Gasteiger partial charge in [0, 0.05) is 39.3 Å². The van der Waals surface area contributed by atoms with Crippen LogP contribution in [0.5, 0.6) is 11.5 Å². The van der Waals surface area contributed by atoms with E-state index < -0.39 is 6.10 Å². The van der Waals surface area contributed by atoms with Gasteiger partial charge in [-0.2, -0.15) is 0 Å². The van der Waals surface area contributed by atoms with E-state index in [9.17, 15) is 9.90 Å². The molecule has 1 amide bonds. The van der Waals surface area contributed by atoms with E-state index in [0.717, 1.165) is 37.3 Å². The lowest BCUT2D eigenvalue weighted by atomic mass is 10.2. The van der Waals surface area contributed by atoms with E-state index in [1.54, 1.807) is 14.2 Å². The number of rotatable bonds is 12. The van der Waals surface area contributed by atoms with Crippen molar-refractivity contribution in [3.63, 3.8) is 0 Å². The van der Waals surface area contributed by atoms with E-state index in [4.69, 9.17) is 14.2 Å². The molecule has 0 aliphatic carbocycles. The molecular formula is C25H35N3O5. The van der Waals surface area contributed by atoms with Gasteiger partial charge < -0.3 is 24.6 Å². The molecule has 0 radical (unpaired) electrons. The van der Waals surface area contributed by atoms with Gasteiger partial charge in [-0.15, -0.1) is 0 Å². The Kier molecular flexibility index (Phi) is 9.96. The van der Waals surface area contributed by atoms with Crippen LogP contribution in [0.15, 0.2) is 48.5 Å². The standard InChI is InChI=1S/C25H35N3O5/c1-31-23-9-8-21(14-24(23)32-2)18-33-19-22(29)16-27-10-12-28(13-11-27)17-25(30)26-15-20-6-4-3-5-7-20/h3-9,14,22,29H,10-13,15-19H2,1-2H3,(H,26,30). The second kappa shape index (κ2) is 13.2. The maximum absolute atomic E-state index is 12.2. The molecule has 8 heteroatoms. The molecule has 1 saturated heterocycles. The molecule has 2 N–H and O–H groups in total. The number of carbonyl (C=O) groups is 1. The van der Waals surface area contributed by atoms with E-state index in [1.165, 1.54) is 0 Å². The average Bonchev–Trinajstić information content (AvgIpc) is 2.84. The summed E-state index contributed by atoms with van der Waals surface area (Å²) in [6.07, 6.45) is -0.564. The van der Waals surface area contributed by atoms with Crippen LogP contribution in [-0.4, -0.2) is 87.0 Å². The van der Waals surface area contributed by atoms with Crippen LogP contribution >= 0.6 is 0 Å². The van der Waals surface area contributed by atoms with Crippen LogP contribution in [0, 0.1) is 0 Å². The molecule has 180 valence electrons. The predicted octanol–water partition coefficient (Wildman–Crippen LogP) is 1.52. The number of amides is 1. The number of carbonyl (C=O) groups excluding carboxylic acids is 1. The summed E-state index contributed by atoms with van der Waals surface area (Å²) < 4.78 is 16.2. The third kappa shape index (κ3) is 8.33. The van der Waals surface area contributed by atoms with E-state index in [-0.39, 0.29) is 12.5 Å². The van der Waals surface area contributed by atoms with Gasteiger partial charge in [0.15, 0.2) is 11.5 Å². The van der Waals surface area contributed by atoms with Crippen molar-refractivity contribution >= 4 is 5.91 Å². The molecule has 1 aliphatic rings. The Morgan fingerprint density at radius 3 is 2.36 bits per heavy atom. The number of nitrogens with zero attached hydrogens (tertiary/aromatic N) is 2. The lowest BCUT2D eigenvalue weighted by molar-refractivity contribution is -0.122. The predicted molar refractivity (Wildman–Crippen MR) is 126 cm³/mol. The highest BCUT2D eigenvalue weighted by atomic mass is 16.5. The van der Waals surface area contributed by atoms with E-state index in [0.29, 0.717) is 37.7 Å². The molecule has 2 aromatic carbocycles. The topological polar surface area (TPSA) is 83.5 Å². The van der Waals surface area contributed by atoms with Crippen LogP contribution in [0.4, 0.5) is 0 Å². The van der Waals surface area contributed by atoms with Crippen molar-refractivity contribution in [2.75, 3.05) is 60.1 Å². The first-order valence-corrected chi connectivity index (χ1v) is 11.3. The number of aliphatic hydroxyl groups excluding tert-OH is 1. The highest BCUT2D eigenvalue weighted by Crippen LogP contribution is 2.27. The highest BCUT2D eigenvalue weighted by molar-refractivity contribution is 5.78. The summed E-state index contributed by atoms with van der Waals surface area (Å²) in [4.78, 5) is 16.6. The summed E-state index contributed by atoms with van der Waals surface area (Å²) >= 11 is 0. The van der Waals surface area contributed by atoms with Gasteiger partial charge in [-0.25, -0.2) is 0 Å². The van der Waals surface area contributed by atoms with Crippen molar-refractivity contribution < 1.29 is 24.1 Å². The van der Waals surface area contributed by atoms with E-state index in [2.05, 4.69) is 15.1 Å². The Hall–Kier alpha value is -2.65. The minimum absolute atomic E-state index is 0.0379. The van der Waals surface area contributed by atoms with Crippen molar-refractivity contribution in [3.8, 4) is 11.5 Å². The monoisotopic (exact) mass is 457 g/mol. The molecule has 1 atom stereocenters. The minimum atomic E-state index is -0.564. The fourth-order valence-electron chi connectivity index (χ4n) is 3.82. The molecule has 1 aliphatic heterocycles. The Labute approximate surface area is 196 Å². The zero-order chi connectivity index (χ0) is 23.5. The number of nitrogens with one attached hydrogen (secondary N) is 1. The second-order valence-electron chi connectivity index (χ2n) is 8.20. The lowest BCUT2D eigenvalue weighted by Gasteiger charge is -2.35. The van der Waals surface area contributed by atoms with Crippen LogP contribution in [0.1, 0.15) is 11.1 Å². The number of hydrogen-bond donors (Lipinski definition) is 2. The molecule has 1 fully saturated rings. The Balaban J connectivity index is 1.30. The third-order valence-electron chi connectivity index (χ3n) is 5.66. The van der Waals surface area contributed by atoms with Crippen LogP contribution in [0.3, 0.4) is 0 Å². The molecule has 2 aromatic rings. The van der Waals surface area contributed by atoms with E-state index >= 15 is 0 Å². The first-order chi connectivity index (χ1) is 16.1. The largest absolute Gasteiger partial charge is 0.493 e. The lowest BCUT2D eigenvalue weighted by Crippen LogP contribution is -2.51.